The molecule has 7 heteroatoms. The topological polar surface area (TPSA) is 110 Å². The van der Waals surface area contributed by atoms with Crippen LogP contribution in [0.2, 0.25) is 0 Å². The Balaban J connectivity index is -0.000000230. The highest BCUT2D eigenvalue weighted by atomic mass is 16.5. The van der Waals surface area contributed by atoms with Crippen LogP contribution in [0.5, 0.6) is 0 Å². The molecule has 0 radical (unpaired) electrons. The summed E-state index contributed by atoms with van der Waals surface area (Å²) in [5, 5.41) is 16.2. The second-order valence-corrected chi connectivity index (χ2v) is 2.95. The summed E-state index contributed by atoms with van der Waals surface area (Å²) in [5.41, 5.74) is 0. The summed E-state index contributed by atoms with van der Waals surface area (Å²) in [6.07, 6.45) is 2.40. The van der Waals surface area contributed by atoms with Gasteiger partial charge >= 0.3 is 17.9 Å². The molecular weight excluding hydrogens is 268 g/mol. The van der Waals surface area contributed by atoms with E-state index in [1.165, 1.54) is 14.0 Å². The lowest BCUT2D eigenvalue weighted by Crippen LogP contribution is -2.13. The molecule has 0 aromatic heterocycles. The quantitative estimate of drug-likeness (QED) is 0.566. The third kappa shape index (κ3) is 29.6. The Morgan fingerprint density at radius 1 is 1.10 bits per heavy atom. The van der Waals surface area contributed by atoms with Crippen LogP contribution in [0.1, 0.15) is 6.92 Å². The van der Waals surface area contributed by atoms with Crippen LogP contribution in [0, 0.1) is 0 Å². The van der Waals surface area contributed by atoms with Crippen molar-refractivity contribution in [2.45, 2.75) is 13.0 Å². The van der Waals surface area contributed by atoms with Crippen molar-refractivity contribution >= 4 is 17.9 Å². The van der Waals surface area contributed by atoms with Crippen LogP contribution in [-0.2, 0) is 23.9 Å². The van der Waals surface area contributed by atoms with Gasteiger partial charge in [0.1, 0.15) is 6.61 Å². The molecule has 1 unspecified atom stereocenters. The molecule has 7 nitrogen and oxygen atoms in total. The van der Waals surface area contributed by atoms with Crippen LogP contribution in [0.3, 0.4) is 0 Å². The maximum atomic E-state index is 10.3. The lowest BCUT2D eigenvalue weighted by atomic mass is 10.4. The van der Waals surface area contributed by atoms with Crippen molar-refractivity contribution in [2.75, 3.05) is 13.7 Å². The van der Waals surface area contributed by atoms with Gasteiger partial charge in [0.25, 0.3) is 0 Å². The fourth-order valence-electron chi connectivity index (χ4n) is 0.345. The van der Waals surface area contributed by atoms with Gasteiger partial charge < -0.3 is 19.7 Å². The number of methoxy groups -OCH3 is 1. The minimum Gasteiger partial charge on any atom is -0.478 e. The van der Waals surface area contributed by atoms with E-state index in [1.807, 2.05) is 0 Å². The summed E-state index contributed by atoms with van der Waals surface area (Å²) in [4.78, 5) is 29.4. The van der Waals surface area contributed by atoms with E-state index >= 15 is 0 Å². The van der Waals surface area contributed by atoms with E-state index in [4.69, 9.17) is 10.2 Å². The summed E-state index contributed by atoms with van der Waals surface area (Å²) in [5.74, 6) is -1.88. The maximum Gasteiger partial charge on any atom is 0.330 e. The molecule has 0 bridgehead atoms. The summed E-state index contributed by atoms with van der Waals surface area (Å²) < 4.78 is 8.59. The fraction of sp³-hybridized carbons (Fsp3) is 0.308. The zero-order chi connectivity index (χ0) is 16.6. The Hall–Kier alpha value is -2.41. The molecule has 0 amide bonds. The number of carbonyl (C=O) groups is 3. The molecule has 0 spiro atoms. The van der Waals surface area contributed by atoms with Crippen molar-refractivity contribution in [3.8, 4) is 0 Å². The summed E-state index contributed by atoms with van der Waals surface area (Å²) in [6, 6.07) is 0. The normalized spacial score (nSPS) is 9.15. The van der Waals surface area contributed by atoms with Gasteiger partial charge in [-0.05, 0) is 6.92 Å². The number of aliphatic carboxylic acids is 1. The van der Waals surface area contributed by atoms with Crippen molar-refractivity contribution in [3.05, 3.63) is 38.0 Å². The summed E-state index contributed by atoms with van der Waals surface area (Å²) >= 11 is 0. The second-order valence-electron chi connectivity index (χ2n) is 2.95. The van der Waals surface area contributed by atoms with Crippen molar-refractivity contribution in [2.24, 2.45) is 0 Å². The largest absolute Gasteiger partial charge is 0.478 e. The number of carbonyl (C=O) groups excluding carboxylic acids is 2. The average molecular weight is 288 g/mol. The van der Waals surface area contributed by atoms with E-state index in [1.54, 1.807) is 0 Å². The first kappa shape index (κ1) is 22.7. The van der Waals surface area contributed by atoms with Crippen molar-refractivity contribution in [1.29, 1.82) is 0 Å². The van der Waals surface area contributed by atoms with E-state index in [-0.39, 0.29) is 6.61 Å². The van der Waals surface area contributed by atoms with Crippen molar-refractivity contribution in [1.82, 2.24) is 0 Å². The SMILES string of the molecule is C=CC(=O)O.C=CC(=O)OC.C=CC(=O)OCC(C)O. The molecule has 0 fully saturated rings. The number of rotatable bonds is 5. The summed E-state index contributed by atoms with van der Waals surface area (Å²) in [6.45, 7) is 10.9. The van der Waals surface area contributed by atoms with Gasteiger partial charge in [0.15, 0.2) is 0 Å². The minimum absolute atomic E-state index is 0.0326. The highest BCUT2D eigenvalue weighted by Gasteiger charge is 1.98. The van der Waals surface area contributed by atoms with E-state index in [0.717, 1.165) is 18.2 Å². The van der Waals surface area contributed by atoms with Crippen molar-refractivity contribution in [3.63, 3.8) is 0 Å². The fourth-order valence-corrected chi connectivity index (χ4v) is 0.345. The molecule has 1 atom stereocenters. The molecule has 0 saturated carbocycles. The molecule has 20 heavy (non-hydrogen) atoms. The molecule has 0 aromatic rings. The lowest BCUT2D eigenvalue weighted by Gasteiger charge is -2.02. The number of ether oxygens (including phenoxy) is 2. The molecule has 0 rings (SSSR count). The standard InChI is InChI=1S/C6H10O3.C4H6O2.C3H4O2/c1-3-6(8)9-4-5(2)7;1-3-4(5)6-2;1-2-3(4)5/h3,5,7H,1,4H2,2H3;3H,1H2,2H3;2H,1H2,(H,4,5). The molecule has 0 aliphatic rings. The molecule has 0 aliphatic carbocycles. The summed E-state index contributed by atoms with van der Waals surface area (Å²) in [7, 11) is 1.31. The number of hydrogen-bond donors (Lipinski definition) is 2. The predicted octanol–water partition coefficient (Wildman–Crippen LogP) is 0.699. The first-order valence-corrected chi connectivity index (χ1v) is 5.28. The number of hydrogen-bond acceptors (Lipinski definition) is 6. The Morgan fingerprint density at radius 3 is 1.65 bits per heavy atom. The van der Waals surface area contributed by atoms with Crippen LogP contribution in [-0.4, -0.2) is 47.9 Å². The molecule has 0 aromatic carbocycles. The van der Waals surface area contributed by atoms with Crippen molar-refractivity contribution < 1.29 is 34.1 Å². The van der Waals surface area contributed by atoms with E-state index < -0.39 is 24.0 Å². The molecule has 114 valence electrons. The third-order valence-corrected chi connectivity index (χ3v) is 1.18. The van der Waals surface area contributed by atoms with E-state index in [9.17, 15) is 14.4 Å². The first-order valence-electron chi connectivity index (χ1n) is 5.28. The molecule has 0 heterocycles. The van der Waals surface area contributed by atoms with Gasteiger partial charge in [0, 0.05) is 18.2 Å². The van der Waals surface area contributed by atoms with E-state index in [2.05, 4.69) is 29.2 Å². The highest BCUT2D eigenvalue weighted by molar-refractivity contribution is 5.81. The highest BCUT2D eigenvalue weighted by Crippen LogP contribution is 1.83. The van der Waals surface area contributed by atoms with Crippen LogP contribution < -0.4 is 0 Å². The Morgan fingerprint density at radius 2 is 1.50 bits per heavy atom. The van der Waals surface area contributed by atoms with Crippen LogP contribution in [0.4, 0.5) is 0 Å². The molecule has 0 saturated heterocycles. The Bertz CT molecular complexity index is 332. The lowest BCUT2D eigenvalue weighted by molar-refractivity contribution is -0.140. The third-order valence-electron chi connectivity index (χ3n) is 1.18. The van der Waals surface area contributed by atoms with Gasteiger partial charge in [-0.15, -0.1) is 0 Å². The number of aliphatic hydroxyl groups is 1. The van der Waals surface area contributed by atoms with Crippen LogP contribution in [0.15, 0.2) is 38.0 Å². The van der Waals surface area contributed by atoms with Crippen LogP contribution >= 0.6 is 0 Å². The molecular formula is C13H20O7. The smallest absolute Gasteiger partial charge is 0.330 e. The molecule has 2 N–H and O–H groups in total. The maximum absolute atomic E-state index is 10.3. The van der Waals surface area contributed by atoms with E-state index in [0.29, 0.717) is 0 Å². The first-order chi connectivity index (χ1) is 9.24. The zero-order valence-electron chi connectivity index (χ0n) is 11.6. The average Bonchev–Trinajstić information content (AvgIpc) is 2.44. The Labute approximate surface area is 117 Å². The van der Waals surface area contributed by atoms with Gasteiger partial charge in [-0.1, -0.05) is 19.7 Å². The minimum atomic E-state index is -0.981. The number of carboxylic acids is 1. The number of carboxylic acid groups (broad SMARTS) is 1. The van der Waals surface area contributed by atoms with Crippen LogP contribution in [0.25, 0.3) is 0 Å². The van der Waals surface area contributed by atoms with Gasteiger partial charge in [-0.25, -0.2) is 14.4 Å². The second kappa shape index (κ2) is 16.6. The monoisotopic (exact) mass is 288 g/mol. The van der Waals surface area contributed by atoms with Gasteiger partial charge in [0.2, 0.25) is 0 Å². The van der Waals surface area contributed by atoms with Gasteiger partial charge in [-0.3, -0.25) is 0 Å². The molecule has 0 aliphatic heterocycles. The zero-order valence-corrected chi connectivity index (χ0v) is 11.6. The van der Waals surface area contributed by atoms with Gasteiger partial charge in [0.05, 0.1) is 13.2 Å². The number of esters is 2. The number of aliphatic hydroxyl groups excluding tert-OH is 1. The Kier molecular flexibility index (Phi) is 18.9. The predicted molar refractivity (Wildman–Crippen MR) is 72.9 cm³/mol. The van der Waals surface area contributed by atoms with Gasteiger partial charge in [-0.2, -0.15) is 0 Å².